The van der Waals surface area contributed by atoms with Crippen molar-refractivity contribution in [3.63, 3.8) is 0 Å². The van der Waals surface area contributed by atoms with Crippen molar-refractivity contribution in [3.05, 3.63) is 114 Å². The molecule has 0 unspecified atom stereocenters. The summed E-state index contributed by atoms with van der Waals surface area (Å²) in [4.78, 5) is 0. The summed E-state index contributed by atoms with van der Waals surface area (Å²) in [5.41, 5.74) is 18.1. The van der Waals surface area contributed by atoms with Crippen molar-refractivity contribution in [1.82, 2.24) is 0 Å². The van der Waals surface area contributed by atoms with Gasteiger partial charge >= 0.3 is 0 Å². The molecule has 7 heteroatoms. The van der Waals surface area contributed by atoms with Gasteiger partial charge in [-0.3, -0.25) is 0 Å². The van der Waals surface area contributed by atoms with Gasteiger partial charge in [0.25, 0.3) is 0 Å². The molecule has 3 aromatic rings. The molecule has 0 bridgehead atoms. The first-order chi connectivity index (χ1) is 25.9. The molecule has 0 aliphatic carbocycles. The Hall–Kier alpha value is -3.81. The van der Waals surface area contributed by atoms with E-state index in [2.05, 4.69) is 170 Å². The molecular weight excluding hydrogens is 651 g/mol. The normalized spacial score (nSPS) is 12.6. The molecule has 2 aliphatic heterocycles. The first-order valence-electron chi connectivity index (χ1n) is 20.8. The Kier molecular flexibility index (Phi) is 27.3. The molecule has 0 aromatic carbocycles. The largest absolute Gasteiger partial charge is 0.325 e. The number of nitrogens with zero attached hydrogens (tertiary/aromatic N) is 5. The van der Waals surface area contributed by atoms with Gasteiger partial charge in [0.15, 0.2) is 67.9 Å². The summed E-state index contributed by atoms with van der Waals surface area (Å²) in [6.07, 6.45) is 31.3. The lowest BCUT2D eigenvalue weighted by Gasteiger charge is -1.98. The predicted octanol–water partition coefficient (Wildman–Crippen LogP) is 7.29. The van der Waals surface area contributed by atoms with Gasteiger partial charge in [0.05, 0.1) is 25.9 Å². The number of hydrogen-bond acceptors (Lipinski definition) is 2. The summed E-state index contributed by atoms with van der Waals surface area (Å²) < 4.78 is 11.2. The van der Waals surface area contributed by atoms with Gasteiger partial charge in [-0.15, -0.1) is 0 Å². The van der Waals surface area contributed by atoms with Crippen molar-refractivity contribution in [2.75, 3.05) is 26.2 Å². The van der Waals surface area contributed by atoms with Gasteiger partial charge in [-0.05, 0) is 37.0 Å². The van der Waals surface area contributed by atoms with Gasteiger partial charge in [-0.25, -0.2) is 22.9 Å². The van der Waals surface area contributed by atoms with Crippen LogP contribution in [-0.4, -0.2) is 47.3 Å². The van der Waals surface area contributed by atoms with Crippen LogP contribution in [0.3, 0.4) is 0 Å². The number of rotatable bonds is 15. The summed E-state index contributed by atoms with van der Waals surface area (Å²) in [6, 6.07) is 14.9. The van der Waals surface area contributed by atoms with Crippen LogP contribution in [0, 0.1) is 0 Å². The molecule has 292 valence electrons. The second-order valence-corrected chi connectivity index (χ2v) is 13.4. The Labute approximate surface area is 325 Å². The molecule has 3 aromatic heterocycles. The third kappa shape index (κ3) is 20.3. The van der Waals surface area contributed by atoms with E-state index in [1.807, 2.05) is 6.07 Å². The number of aromatic nitrogens is 3. The van der Waals surface area contributed by atoms with Gasteiger partial charge in [-0.1, -0.05) is 61.5 Å². The topological polar surface area (TPSA) is 69.7 Å². The highest BCUT2D eigenvalue weighted by Crippen LogP contribution is 2.09. The number of allylic oxidation sites excluding steroid dienone is 2. The van der Waals surface area contributed by atoms with Gasteiger partial charge in [0, 0.05) is 73.6 Å². The first-order valence-corrected chi connectivity index (χ1v) is 20.8. The summed E-state index contributed by atoms with van der Waals surface area (Å²) in [6.45, 7) is 24.3. The van der Waals surface area contributed by atoms with E-state index in [9.17, 15) is 0 Å². The van der Waals surface area contributed by atoms with Crippen LogP contribution in [0.25, 0.3) is 0 Å². The van der Waals surface area contributed by atoms with E-state index in [-0.39, 0.29) is 0 Å². The molecule has 7 nitrogen and oxygen atoms in total. The summed E-state index contributed by atoms with van der Waals surface area (Å²) in [5, 5.41) is 0. The number of aryl methyl sites for hydroxylation is 5. The Bertz CT molecular complexity index is 1500. The number of nitrogens with two attached hydrogens (primary N) is 2. The highest BCUT2D eigenvalue weighted by molar-refractivity contribution is 5.82. The Balaban J connectivity index is 0.000000331. The second kappa shape index (κ2) is 30.6. The maximum Gasteiger partial charge on any atom is 0.181 e. The van der Waals surface area contributed by atoms with Crippen molar-refractivity contribution in [2.45, 2.75) is 139 Å². The molecule has 5 rings (SSSR count). The van der Waals surface area contributed by atoms with Gasteiger partial charge in [0.2, 0.25) is 0 Å². The molecule has 0 fully saturated rings. The quantitative estimate of drug-likeness (QED) is 0.162. The van der Waals surface area contributed by atoms with E-state index in [1.165, 1.54) is 61.2 Å². The Morgan fingerprint density at radius 1 is 0.566 bits per heavy atom. The third-order valence-corrected chi connectivity index (χ3v) is 9.12. The standard InChI is InChI=1S/2C10H16N.C9H15N2.C9H16N.C8H15N2/c1-3-7-11-8-5-10(4-2)6-9-11;1-3-7-11-8-5-6-10(4-2)9-11;1-2-9-5-3-4-7-11(9)8-6-10;1-3-6-10-7-5-9(4-2)8-10;1-2-8-4-3-6-10(8)7-5-9/h2*5-6,8-9H,3-4,7H2,1-2H3;3-5,7H,2,6,8,10H2,1H3;7-8H,3-6H2,1-2H3;3,6H,2,4-5,7,9H2,1H3/q5*+1. The molecule has 0 spiro atoms. The molecule has 0 amide bonds. The van der Waals surface area contributed by atoms with Crippen LogP contribution in [0.15, 0.2) is 97.5 Å². The van der Waals surface area contributed by atoms with Crippen molar-refractivity contribution in [2.24, 2.45) is 11.5 Å². The Morgan fingerprint density at radius 3 is 1.81 bits per heavy atom. The minimum absolute atomic E-state index is 0.710. The van der Waals surface area contributed by atoms with Crippen LogP contribution in [-0.2, 0) is 38.9 Å². The zero-order chi connectivity index (χ0) is 39.1. The third-order valence-electron chi connectivity index (χ3n) is 9.12. The highest BCUT2D eigenvalue weighted by atomic mass is 15.0. The molecule has 4 N–H and O–H groups in total. The highest BCUT2D eigenvalue weighted by Gasteiger charge is 2.13. The van der Waals surface area contributed by atoms with Gasteiger partial charge in [-0.2, -0.15) is 0 Å². The van der Waals surface area contributed by atoms with E-state index in [4.69, 9.17) is 11.5 Å². The lowest BCUT2D eigenvalue weighted by molar-refractivity contribution is -0.701. The summed E-state index contributed by atoms with van der Waals surface area (Å²) >= 11 is 0. The van der Waals surface area contributed by atoms with Gasteiger partial charge < -0.3 is 11.5 Å². The molecule has 5 heterocycles. The molecule has 0 saturated heterocycles. The number of pyridine rings is 3. The smallest absolute Gasteiger partial charge is 0.181 e. The van der Waals surface area contributed by atoms with Crippen LogP contribution < -0.4 is 25.2 Å². The van der Waals surface area contributed by atoms with E-state index < -0.39 is 0 Å². The maximum absolute atomic E-state index is 5.46. The zero-order valence-corrected chi connectivity index (χ0v) is 35.1. The van der Waals surface area contributed by atoms with Crippen LogP contribution in [0.5, 0.6) is 0 Å². The van der Waals surface area contributed by atoms with Gasteiger partial charge in [0.1, 0.15) is 25.8 Å². The average molecular weight is 729 g/mol. The minimum Gasteiger partial charge on any atom is -0.325 e. The maximum atomic E-state index is 5.46. The monoisotopic (exact) mass is 729 g/mol. The van der Waals surface area contributed by atoms with Crippen LogP contribution in [0.2, 0.25) is 0 Å². The second-order valence-electron chi connectivity index (χ2n) is 13.4. The van der Waals surface area contributed by atoms with Crippen molar-refractivity contribution < 1.29 is 22.9 Å². The van der Waals surface area contributed by atoms with Crippen molar-refractivity contribution in [1.29, 1.82) is 0 Å². The molecule has 0 radical (unpaired) electrons. The Morgan fingerprint density at radius 2 is 1.25 bits per heavy atom. The van der Waals surface area contributed by atoms with E-state index in [0.29, 0.717) is 6.54 Å². The average Bonchev–Trinajstić information content (AvgIpc) is 3.86. The van der Waals surface area contributed by atoms with Crippen LogP contribution >= 0.6 is 0 Å². The fraction of sp³-hybridized carbons (Fsp3) is 0.543. The molecule has 53 heavy (non-hydrogen) atoms. The fourth-order valence-electron chi connectivity index (χ4n) is 5.99. The number of hydrogen-bond donors (Lipinski definition) is 2. The van der Waals surface area contributed by atoms with Crippen molar-refractivity contribution in [3.8, 4) is 0 Å². The van der Waals surface area contributed by atoms with E-state index in [0.717, 1.165) is 64.8 Å². The van der Waals surface area contributed by atoms with Crippen molar-refractivity contribution >= 4 is 11.9 Å². The SMILES string of the molecule is CCC1=[N+](CCN)C=CC1.CCC[N+]1=CCC(CC)=C1.CCC[n+]1ccc(CC)cc1.CCC[n+]1cccc(CC)c1.CCc1cccc[n+]1CCN. The zero-order valence-electron chi connectivity index (χ0n) is 35.1. The first kappa shape index (κ1) is 47.2. The van der Waals surface area contributed by atoms with Crippen LogP contribution in [0.1, 0.15) is 117 Å². The fourth-order valence-corrected chi connectivity index (χ4v) is 5.99. The molecule has 0 atom stereocenters. The van der Waals surface area contributed by atoms with E-state index in [1.54, 1.807) is 5.57 Å². The predicted molar refractivity (Wildman–Crippen MR) is 225 cm³/mol. The molecule has 0 saturated carbocycles. The molecule has 2 aliphatic rings. The minimum atomic E-state index is 0.710. The lowest BCUT2D eigenvalue weighted by Crippen LogP contribution is -2.40. The molecular formula is C46H78N7+5. The lowest BCUT2D eigenvalue weighted by atomic mass is 10.2. The summed E-state index contributed by atoms with van der Waals surface area (Å²) in [7, 11) is 0. The summed E-state index contributed by atoms with van der Waals surface area (Å²) in [5.74, 6) is 0. The van der Waals surface area contributed by atoms with E-state index >= 15 is 0 Å². The van der Waals surface area contributed by atoms with Crippen LogP contribution in [0.4, 0.5) is 0 Å².